The maximum Gasteiger partial charge on any atom is 0.291 e. The third kappa shape index (κ3) is 4.42. The van der Waals surface area contributed by atoms with E-state index in [0.29, 0.717) is 28.3 Å². The Kier molecular flexibility index (Phi) is 5.86. The first-order valence-corrected chi connectivity index (χ1v) is 11.8. The van der Waals surface area contributed by atoms with E-state index in [4.69, 9.17) is 9.15 Å². The van der Waals surface area contributed by atoms with Crippen molar-refractivity contribution in [2.45, 2.75) is 25.7 Å². The lowest BCUT2D eigenvalue weighted by Gasteiger charge is -2.13. The second-order valence-corrected chi connectivity index (χ2v) is 9.45. The molecular weight excluding hydrogens is 440 g/mol. The van der Waals surface area contributed by atoms with Crippen molar-refractivity contribution in [2.75, 3.05) is 17.1 Å². The summed E-state index contributed by atoms with van der Waals surface area (Å²) in [4.78, 5) is 12.9. The molecule has 7 nitrogen and oxygen atoms in total. The van der Waals surface area contributed by atoms with Gasteiger partial charge in [0.15, 0.2) is 5.76 Å². The zero-order valence-corrected chi connectivity index (χ0v) is 19.5. The smallest absolute Gasteiger partial charge is 0.291 e. The average molecular weight is 465 g/mol. The molecule has 8 heteroatoms. The molecule has 3 aromatic carbocycles. The Bertz CT molecular complexity index is 1430. The number of nitrogens with one attached hydrogen (secondary N) is 2. The molecule has 170 valence electrons. The molecule has 1 aromatic heterocycles. The van der Waals surface area contributed by atoms with Crippen LogP contribution in [0.3, 0.4) is 0 Å². The lowest BCUT2D eigenvalue weighted by atomic mass is 10.1. The van der Waals surface area contributed by atoms with Gasteiger partial charge in [0.25, 0.3) is 15.9 Å². The zero-order chi connectivity index (χ0) is 23.8. The minimum Gasteiger partial charge on any atom is -0.497 e. The molecule has 0 aliphatic heterocycles. The van der Waals surface area contributed by atoms with Crippen LogP contribution >= 0.6 is 0 Å². The van der Waals surface area contributed by atoms with Gasteiger partial charge in [0.1, 0.15) is 11.3 Å². The summed E-state index contributed by atoms with van der Waals surface area (Å²) in [5.41, 5.74) is 3.95. The van der Waals surface area contributed by atoms with Gasteiger partial charge in [-0.2, -0.15) is 0 Å². The lowest BCUT2D eigenvalue weighted by molar-refractivity contribution is 0.0998. The Morgan fingerprint density at radius 1 is 0.939 bits per heavy atom. The van der Waals surface area contributed by atoms with E-state index in [-0.39, 0.29) is 10.7 Å². The highest BCUT2D eigenvalue weighted by Gasteiger charge is 2.20. The Morgan fingerprint density at radius 3 is 2.24 bits per heavy atom. The summed E-state index contributed by atoms with van der Waals surface area (Å²) in [6.45, 7) is 5.49. The van der Waals surface area contributed by atoms with Crippen molar-refractivity contribution >= 4 is 38.3 Å². The summed E-state index contributed by atoms with van der Waals surface area (Å²) in [5, 5.41) is 3.55. The lowest BCUT2D eigenvalue weighted by Crippen LogP contribution is -2.15. The normalized spacial score (nSPS) is 11.4. The molecule has 2 N–H and O–H groups in total. The number of benzene rings is 3. The minimum atomic E-state index is -3.78. The molecule has 1 heterocycles. The predicted molar refractivity (Wildman–Crippen MR) is 129 cm³/mol. The number of ether oxygens (including phenoxy) is 1. The van der Waals surface area contributed by atoms with E-state index in [9.17, 15) is 13.2 Å². The average Bonchev–Trinajstić information content (AvgIpc) is 3.12. The molecule has 33 heavy (non-hydrogen) atoms. The molecule has 4 rings (SSSR count). The molecule has 0 bridgehead atoms. The first-order chi connectivity index (χ1) is 15.7. The topological polar surface area (TPSA) is 97.6 Å². The van der Waals surface area contributed by atoms with Crippen LogP contribution in [0.1, 0.15) is 27.2 Å². The highest BCUT2D eigenvalue weighted by molar-refractivity contribution is 7.92. The van der Waals surface area contributed by atoms with Crippen LogP contribution in [0.5, 0.6) is 5.75 Å². The number of carbonyl (C=O) groups is 1. The Morgan fingerprint density at radius 2 is 1.61 bits per heavy atom. The summed E-state index contributed by atoms with van der Waals surface area (Å²) in [5.74, 6) is 0.434. The molecule has 0 radical (unpaired) electrons. The van der Waals surface area contributed by atoms with Gasteiger partial charge in [-0.1, -0.05) is 18.2 Å². The Labute approximate surface area is 192 Å². The van der Waals surface area contributed by atoms with Gasteiger partial charge in [0.05, 0.1) is 17.7 Å². The van der Waals surface area contributed by atoms with Gasteiger partial charge < -0.3 is 14.5 Å². The van der Waals surface area contributed by atoms with Gasteiger partial charge in [0.2, 0.25) is 0 Å². The number of furan rings is 1. The number of fused-ring (bicyclic) bond motifs is 1. The fraction of sp³-hybridized carbons (Fsp3) is 0.160. The van der Waals surface area contributed by atoms with E-state index < -0.39 is 15.9 Å². The Hall–Kier alpha value is -3.78. The molecule has 0 unspecified atom stereocenters. The van der Waals surface area contributed by atoms with Gasteiger partial charge in [-0.25, -0.2) is 8.42 Å². The van der Waals surface area contributed by atoms with E-state index in [1.165, 1.54) is 24.3 Å². The molecule has 0 aliphatic carbocycles. The van der Waals surface area contributed by atoms with Crippen molar-refractivity contribution in [1.82, 2.24) is 0 Å². The van der Waals surface area contributed by atoms with Crippen molar-refractivity contribution in [3.05, 3.63) is 83.1 Å². The van der Waals surface area contributed by atoms with Crippen LogP contribution in [-0.2, 0) is 10.0 Å². The number of para-hydroxylation sites is 1. The number of hydrogen-bond donors (Lipinski definition) is 2. The number of hydrogen-bond acceptors (Lipinski definition) is 5. The van der Waals surface area contributed by atoms with Crippen molar-refractivity contribution < 1.29 is 22.4 Å². The Balaban J connectivity index is 1.53. The monoisotopic (exact) mass is 464 g/mol. The first kappa shape index (κ1) is 22.4. The van der Waals surface area contributed by atoms with Crippen molar-refractivity contribution in [2.24, 2.45) is 0 Å². The van der Waals surface area contributed by atoms with Crippen LogP contribution in [0.15, 0.2) is 70.0 Å². The second kappa shape index (κ2) is 8.63. The number of carbonyl (C=O) groups excluding carboxylic acids is 1. The molecular formula is C25H24N2O5S. The third-order valence-corrected chi connectivity index (χ3v) is 6.86. The van der Waals surface area contributed by atoms with Gasteiger partial charge in [0, 0.05) is 16.6 Å². The van der Waals surface area contributed by atoms with Crippen LogP contribution in [-0.4, -0.2) is 21.4 Å². The molecule has 0 atom stereocenters. The van der Waals surface area contributed by atoms with E-state index in [2.05, 4.69) is 10.0 Å². The molecule has 0 aliphatic rings. The largest absolute Gasteiger partial charge is 0.497 e. The second-order valence-electron chi connectivity index (χ2n) is 7.77. The summed E-state index contributed by atoms with van der Waals surface area (Å²) < 4.78 is 39.3. The number of anilines is 2. The summed E-state index contributed by atoms with van der Waals surface area (Å²) in [7, 11) is -2.20. The fourth-order valence-corrected chi connectivity index (χ4v) is 4.82. The number of rotatable bonds is 6. The van der Waals surface area contributed by atoms with Crippen LogP contribution in [0.4, 0.5) is 11.4 Å². The van der Waals surface area contributed by atoms with Crippen molar-refractivity contribution in [3.63, 3.8) is 0 Å². The number of aryl methyl sites for hydroxylation is 3. The molecule has 1 amide bonds. The van der Waals surface area contributed by atoms with E-state index in [1.807, 2.05) is 38.1 Å². The van der Waals surface area contributed by atoms with E-state index in [1.54, 1.807) is 26.2 Å². The van der Waals surface area contributed by atoms with Crippen molar-refractivity contribution in [3.8, 4) is 5.75 Å². The standard InChI is InChI=1S/C25H24N2O5S/c1-15-6-5-7-16(2)23(15)27-33(29,30)20-11-8-18(9-12-20)26-25(28)24-17(3)21-14-19(31-4)10-13-22(21)32-24/h5-14,27H,1-4H3,(H,26,28). The SMILES string of the molecule is COc1ccc2oc(C(=O)Nc3ccc(S(=O)(=O)Nc4c(C)cccc4C)cc3)c(C)c2c1. The molecule has 4 aromatic rings. The maximum atomic E-state index is 12.8. The van der Waals surface area contributed by atoms with Gasteiger partial charge in [-0.05, 0) is 74.4 Å². The first-order valence-electron chi connectivity index (χ1n) is 10.3. The summed E-state index contributed by atoms with van der Waals surface area (Å²) >= 11 is 0. The molecule has 0 saturated heterocycles. The summed E-state index contributed by atoms with van der Waals surface area (Å²) in [6.07, 6.45) is 0. The maximum absolute atomic E-state index is 12.8. The van der Waals surface area contributed by atoms with Crippen LogP contribution in [0.25, 0.3) is 11.0 Å². The summed E-state index contributed by atoms with van der Waals surface area (Å²) in [6, 6.07) is 16.9. The number of amides is 1. The highest BCUT2D eigenvalue weighted by Crippen LogP contribution is 2.29. The number of methoxy groups -OCH3 is 1. The van der Waals surface area contributed by atoms with Gasteiger partial charge in [-0.15, -0.1) is 0 Å². The van der Waals surface area contributed by atoms with Crippen LogP contribution in [0.2, 0.25) is 0 Å². The number of sulfonamides is 1. The highest BCUT2D eigenvalue weighted by atomic mass is 32.2. The predicted octanol–water partition coefficient (Wildman–Crippen LogP) is 5.42. The van der Waals surface area contributed by atoms with E-state index >= 15 is 0 Å². The molecule has 0 spiro atoms. The quantitative estimate of drug-likeness (QED) is 0.397. The van der Waals surface area contributed by atoms with Crippen molar-refractivity contribution in [1.29, 1.82) is 0 Å². The fourth-order valence-electron chi connectivity index (χ4n) is 3.62. The minimum absolute atomic E-state index is 0.0927. The van der Waals surface area contributed by atoms with Gasteiger partial charge in [-0.3, -0.25) is 9.52 Å². The third-order valence-electron chi connectivity index (χ3n) is 5.49. The van der Waals surface area contributed by atoms with Gasteiger partial charge >= 0.3 is 0 Å². The molecule has 0 saturated carbocycles. The zero-order valence-electron chi connectivity index (χ0n) is 18.7. The molecule has 0 fully saturated rings. The van der Waals surface area contributed by atoms with E-state index in [0.717, 1.165) is 16.5 Å². The van der Waals surface area contributed by atoms with Crippen LogP contribution in [0, 0.1) is 20.8 Å². The van der Waals surface area contributed by atoms with Crippen LogP contribution < -0.4 is 14.8 Å².